The highest BCUT2D eigenvalue weighted by molar-refractivity contribution is 9.10. The van der Waals surface area contributed by atoms with Crippen LogP contribution in [0, 0.1) is 0 Å². The fourth-order valence-corrected chi connectivity index (χ4v) is 4.29. The lowest BCUT2D eigenvalue weighted by atomic mass is 10.0. The van der Waals surface area contributed by atoms with Crippen LogP contribution in [-0.4, -0.2) is 14.8 Å². The van der Waals surface area contributed by atoms with Gasteiger partial charge in [0.2, 0.25) is 0 Å². The third kappa shape index (κ3) is 1.62. The molecule has 0 unspecified atom stereocenters. The number of fused-ring (bicyclic) bond motifs is 3. The molecule has 3 nitrogen and oxygen atoms in total. The van der Waals surface area contributed by atoms with E-state index >= 15 is 0 Å². The Balaban J connectivity index is 2.22. The molecule has 1 aromatic carbocycles. The van der Waals surface area contributed by atoms with Gasteiger partial charge >= 0.3 is 0 Å². The van der Waals surface area contributed by atoms with E-state index in [0.29, 0.717) is 10.0 Å². The van der Waals surface area contributed by atoms with E-state index in [2.05, 4.69) is 30.7 Å². The van der Waals surface area contributed by atoms with Crippen LogP contribution in [-0.2, 0) is 13.0 Å². The number of benzene rings is 1. The Bertz CT molecular complexity index is 821. The molecular weight excluding hydrogens is 361 g/mol. The molecule has 4 rings (SSSR count). The Morgan fingerprint density at radius 2 is 2.20 bits per heavy atom. The van der Waals surface area contributed by atoms with Crippen molar-refractivity contribution in [1.29, 1.82) is 0 Å². The third-order valence-corrected chi connectivity index (χ3v) is 5.27. The number of aromatic nitrogens is 3. The second-order valence-electron chi connectivity index (χ2n) is 4.94. The molecule has 3 heterocycles. The minimum Gasteiger partial charge on any atom is -0.343 e. The number of H-pyrrole nitrogens is 1. The molecule has 0 saturated heterocycles. The summed E-state index contributed by atoms with van der Waals surface area (Å²) >= 11 is 16.3. The summed E-state index contributed by atoms with van der Waals surface area (Å²) in [7, 11) is 0. The van der Waals surface area contributed by atoms with Crippen LogP contribution in [0.2, 0.25) is 10.0 Å². The summed E-state index contributed by atoms with van der Waals surface area (Å²) in [6, 6.07) is 1.87. The number of hydrogen-bond donors (Lipinski definition) is 1. The number of rotatable bonds is 1. The second kappa shape index (κ2) is 4.52. The average molecular weight is 371 g/mol. The molecule has 0 fully saturated rings. The van der Waals surface area contributed by atoms with Crippen molar-refractivity contribution in [3.63, 3.8) is 0 Å². The Hall–Kier alpha value is -0.970. The number of hydrogen-bond acceptors (Lipinski definition) is 1. The van der Waals surface area contributed by atoms with Crippen LogP contribution < -0.4 is 0 Å². The molecule has 2 aromatic heterocycles. The Kier molecular flexibility index (Phi) is 2.88. The molecule has 0 saturated carbocycles. The van der Waals surface area contributed by atoms with Crippen molar-refractivity contribution in [2.75, 3.05) is 0 Å². The maximum atomic E-state index is 6.46. The predicted molar refractivity (Wildman–Crippen MR) is 85.6 cm³/mol. The van der Waals surface area contributed by atoms with Crippen LogP contribution in [0.15, 0.2) is 22.9 Å². The topological polar surface area (TPSA) is 33.6 Å². The molecule has 1 aliphatic rings. The summed E-state index contributed by atoms with van der Waals surface area (Å²) in [5, 5.41) is 9.29. The van der Waals surface area contributed by atoms with Gasteiger partial charge in [-0.25, -0.2) is 0 Å². The van der Waals surface area contributed by atoms with Gasteiger partial charge < -0.3 is 4.57 Å². The predicted octanol–water partition coefficient (Wildman–Crippen LogP) is 5.05. The normalized spacial score (nSPS) is 14.2. The molecule has 6 heteroatoms. The molecule has 1 N–H and O–H groups in total. The SMILES string of the molecule is Clc1cc(Br)c2c(-c3cn[nH]c3)c3n(c2c1Cl)CCC3. The van der Waals surface area contributed by atoms with E-state index in [1.807, 2.05) is 18.5 Å². The largest absolute Gasteiger partial charge is 0.343 e. The monoisotopic (exact) mass is 369 g/mol. The third-order valence-electron chi connectivity index (χ3n) is 3.86. The summed E-state index contributed by atoms with van der Waals surface area (Å²) in [4.78, 5) is 0. The minimum absolute atomic E-state index is 0.581. The van der Waals surface area contributed by atoms with Gasteiger partial charge in [0.25, 0.3) is 0 Å². The van der Waals surface area contributed by atoms with Crippen molar-refractivity contribution < 1.29 is 0 Å². The van der Waals surface area contributed by atoms with Gasteiger partial charge in [0.1, 0.15) is 0 Å². The highest BCUT2D eigenvalue weighted by Crippen LogP contribution is 2.46. The van der Waals surface area contributed by atoms with E-state index in [1.165, 1.54) is 11.3 Å². The van der Waals surface area contributed by atoms with Crippen LogP contribution >= 0.6 is 39.1 Å². The van der Waals surface area contributed by atoms with Gasteiger partial charge in [-0.2, -0.15) is 5.10 Å². The molecule has 0 radical (unpaired) electrons. The molecule has 0 atom stereocenters. The number of aromatic amines is 1. The van der Waals surface area contributed by atoms with E-state index < -0.39 is 0 Å². The lowest BCUT2D eigenvalue weighted by molar-refractivity contribution is 0.772. The first-order chi connectivity index (χ1) is 9.68. The van der Waals surface area contributed by atoms with Gasteiger partial charge in [-0.1, -0.05) is 39.1 Å². The van der Waals surface area contributed by atoms with Crippen molar-refractivity contribution in [2.24, 2.45) is 0 Å². The van der Waals surface area contributed by atoms with E-state index in [1.54, 1.807) is 0 Å². The molecule has 0 amide bonds. The Morgan fingerprint density at radius 3 is 2.95 bits per heavy atom. The van der Waals surface area contributed by atoms with Gasteiger partial charge in [-0.3, -0.25) is 5.10 Å². The second-order valence-corrected chi connectivity index (χ2v) is 6.58. The lowest BCUT2D eigenvalue weighted by Crippen LogP contribution is -1.92. The molecule has 1 aliphatic heterocycles. The van der Waals surface area contributed by atoms with Crippen LogP contribution in [0.25, 0.3) is 22.0 Å². The maximum Gasteiger partial charge on any atom is 0.0836 e. The van der Waals surface area contributed by atoms with Crippen LogP contribution in [0.1, 0.15) is 12.1 Å². The van der Waals surface area contributed by atoms with Crippen molar-refractivity contribution in [3.05, 3.63) is 38.7 Å². The summed E-state index contributed by atoms with van der Waals surface area (Å²) in [6.45, 7) is 0.982. The van der Waals surface area contributed by atoms with Crippen molar-refractivity contribution in [3.8, 4) is 11.1 Å². The minimum atomic E-state index is 0.581. The zero-order valence-electron chi connectivity index (χ0n) is 10.4. The van der Waals surface area contributed by atoms with Gasteiger partial charge in [-0.05, 0) is 18.9 Å². The summed E-state index contributed by atoms with van der Waals surface area (Å²) in [5.41, 5.74) is 4.63. The number of nitrogens with one attached hydrogen (secondary N) is 1. The first-order valence-electron chi connectivity index (χ1n) is 6.36. The first-order valence-corrected chi connectivity index (χ1v) is 7.91. The summed E-state index contributed by atoms with van der Waals surface area (Å²) < 4.78 is 3.26. The molecule has 102 valence electrons. The Labute approximate surface area is 134 Å². The summed E-state index contributed by atoms with van der Waals surface area (Å²) in [5.74, 6) is 0. The zero-order valence-corrected chi connectivity index (χ0v) is 13.5. The van der Waals surface area contributed by atoms with E-state index in [0.717, 1.165) is 40.3 Å². The van der Waals surface area contributed by atoms with E-state index in [9.17, 15) is 0 Å². The Morgan fingerprint density at radius 1 is 1.35 bits per heavy atom. The summed E-state index contributed by atoms with van der Waals surface area (Å²) in [6.07, 6.45) is 5.96. The lowest BCUT2D eigenvalue weighted by Gasteiger charge is -2.06. The number of aryl methyl sites for hydroxylation is 1. The van der Waals surface area contributed by atoms with Crippen LogP contribution in [0.4, 0.5) is 0 Å². The molecule has 0 spiro atoms. The zero-order chi connectivity index (χ0) is 13.9. The molecular formula is C14H10BrCl2N3. The molecule has 20 heavy (non-hydrogen) atoms. The van der Waals surface area contributed by atoms with Crippen molar-refractivity contribution in [2.45, 2.75) is 19.4 Å². The number of nitrogens with zero attached hydrogens (tertiary/aromatic N) is 2. The highest BCUT2D eigenvalue weighted by atomic mass is 79.9. The van der Waals surface area contributed by atoms with Gasteiger partial charge in [0.15, 0.2) is 0 Å². The molecule has 0 aliphatic carbocycles. The average Bonchev–Trinajstić information content (AvgIpc) is 3.11. The van der Waals surface area contributed by atoms with Gasteiger partial charge in [-0.15, -0.1) is 0 Å². The fraction of sp³-hybridized carbons (Fsp3) is 0.214. The van der Waals surface area contributed by atoms with E-state index in [-0.39, 0.29) is 0 Å². The van der Waals surface area contributed by atoms with Crippen molar-refractivity contribution in [1.82, 2.24) is 14.8 Å². The van der Waals surface area contributed by atoms with Crippen LogP contribution in [0.5, 0.6) is 0 Å². The highest BCUT2D eigenvalue weighted by Gasteiger charge is 2.26. The van der Waals surface area contributed by atoms with E-state index in [4.69, 9.17) is 23.2 Å². The fourth-order valence-electron chi connectivity index (χ4n) is 3.10. The quantitative estimate of drug-likeness (QED) is 0.597. The smallest absolute Gasteiger partial charge is 0.0836 e. The van der Waals surface area contributed by atoms with Gasteiger partial charge in [0.05, 0.1) is 21.8 Å². The molecule has 3 aromatic rings. The van der Waals surface area contributed by atoms with Crippen LogP contribution in [0.3, 0.4) is 0 Å². The number of halogens is 3. The standard InChI is InChI=1S/C14H10BrCl2N3/c15-8-4-9(16)13(17)14-12(8)11(7-5-18-19-6-7)10-2-1-3-20(10)14/h4-6H,1-3H2,(H,18,19). The maximum absolute atomic E-state index is 6.46. The first kappa shape index (κ1) is 12.7. The van der Waals surface area contributed by atoms with Gasteiger partial charge in [0, 0.05) is 39.4 Å². The van der Waals surface area contributed by atoms with Crippen molar-refractivity contribution >= 4 is 50.0 Å². The molecule has 0 bridgehead atoms.